The van der Waals surface area contributed by atoms with Crippen molar-refractivity contribution in [2.24, 2.45) is 0 Å². The van der Waals surface area contributed by atoms with Crippen LogP contribution in [0.25, 0.3) is 0 Å². The van der Waals surface area contributed by atoms with Crippen LogP contribution in [0.5, 0.6) is 0 Å². The van der Waals surface area contributed by atoms with E-state index in [2.05, 4.69) is 0 Å². The van der Waals surface area contributed by atoms with Gasteiger partial charge in [-0.1, -0.05) is 36.4 Å². The monoisotopic (exact) mass is 318 g/mol. The second-order valence-corrected chi connectivity index (χ2v) is 5.58. The van der Waals surface area contributed by atoms with Crippen molar-refractivity contribution in [1.82, 2.24) is 0 Å². The summed E-state index contributed by atoms with van der Waals surface area (Å²) >= 11 is 0. The Kier molecular flexibility index (Phi) is 4.29. The van der Waals surface area contributed by atoms with Crippen LogP contribution in [-0.2, 0) is 9.59 Å². The lowest BCUT2D eigenvalue weighted by Gasteiger charge is -2.27. The van der Waals surface area contributed by atoms with Crippen LogP contribution < -0.4 is 9.80 Å². The van der Waals surface area contributed by atoms with Gasteiger partial charge in [-0.3, -0.25) is 9.59 Å². The molecule has 0 radical (unpaired) electrons. The summed E-state index contributed by atoms with van der Waals surface area (Å²) in [7, 11) is 3.57. The SMILES string of the molecule is CN(C1=CC(=O)C(N(C)c2ccccc2)=CC1=O)c1ccccc1. The summed E-state index contributed by atoms with van der Waals surface area (Å²) in [4.78, 5) is 28.5. The molecule has 2 aromatic rings. The zero-order chi connectivity index (χ0) is 17.1. The summed E-state index contributed by atoms with van der Waals surface area (Å²) in [6, 6.07) is 19.0. The molecule has 0 saturated heterocycles. The van der Waals surface area contributed by atoms with Crippen molar-refractivity contribution < 1.29 is 9.59 Å². The molecule has 4 nitrogen and oxygen atoms in total. The molecule has 0 heterocycles. The Morgan fingerprint density at radius 3 is 1.25 bits per heavy atom. The number of carbonyl (C=O) groups is 2. The van der Waals surface area contributed by atoms with Crippen LogP contribution in [0.3, 0.4) is 0 Å². The fraction of sp³-hybridized carbons (Fsp3) is 0.100. The van der Waals surface area contributed by atoms with Crippen LogP contribution in [0, 0.1) is 0 Å². The highest BCUT2D eigenvalue weighted by Gasteiger charge is 2.26. The van der Waals surface area contributed by atoms with E-state index in [4.69, 9.17) is 0 Å². The highest BCUT2D eigenvalue weighted by molar-refractivity contribution is 6.22. The number of benzene rings is 2. The quantitative estimate of drug-likeness (QED) is 0.812. The van der Waals surface area contributed by atoms with Gasteiger partial charge < -0.3 is 9.80 Å². The van der Waals surface area contributed by atoms with Crippen LogP contribution in [0.4, 0.5) is 11.4 Å². The first-order chi connectivity index (χ1) is 11.6. The molecule has 0 saturated carbocycles. The predicted octanol–water partition coefficient (Wildman–Crippen LogP) is 3.18. The molecule has 0 fully saturated rings. The molecule has 2 aromatic carbocycles. The molecule has 1 aliphatic carbocycles. The average molecular weight is 318 g/mol. The number of hydrogen-bond donors (Lipinski definition) is 0. The molecule has 1 aliphatic rings. The lowest BCUT2D eigenvalue weighted by molar-refractivity contribution is -0.115. The zero-order valence-corrected chi connectivity index (χ0v) is 13.6. The number of rotatable bonds is 4. The highest BCUT2D eigenvalue weighted by Crippen LogP contribution is 2.24. The van der Waals surface area contributed by atoms with Crippen LogP contribution in [-0.4, -0.2) is 25.7 Å². The van der Waals surface area contributed by atoms with Crippen LogP contribution >= 0.6 is 0 Å². The molecule has 0 unspecified atom stereocenters. The first-order valence-corrected chi connectivity index (χ1v) is 7.67. The Bertz CT molecular complexity index is 752. The van der Waals surface area contributed by atoms with Gasteiger partial charge in [0.1, 0.15) is 0 Å². The van der Waals surface area contributed by atoms with Crippen LogP contribution in [0.1, 0.15) is 0 Å². The van der Waals surface area contributed by atoms with E-state index in [-0.39, 0.29) is 11.6 Å². The van der Waals surface area contributed by atoms with E-state index in [9.17, 15) is 9.59 Å². The van der Waals surface area contributed by atoms with E-state index in [0.29, 0.717) is 11.4 Å². The van der Waals surface area contributed by atoms with Gasteiger partial charge in [-0.05, 0) is 24.3 Å². The maximum absolute atomic E-state index is 12.5. The molecule has 0 bridgehead atoms. The van der Waals surface area contributed by atoms with E-state index in [1.54, 1.807) is 23.9 Å². The van der Waals surface area contributed by atoms with Crippen LogP contribution in [0.2, 0.25) is 0 Å². The topological polar surface area (TPSA) is 40.6 Å². The summed E-state index contributed by atoms with van der Waals surface area (Å²) < 4.78 is 0. The first-order valence-electron chi connectivity index (χ1n) is 7.67. The molecule has 0 aromatic heterocycles. The molecule has 24 heavy (non-hydrogen) atoms. The summed E-state index contributed by atoms with van der Waals surface area (Å²) in [5, 5.41) is 0. The Labute approximate surface area is 141 Å². The van der Waals surface area contributed by atoms with Crippen molar-refractivity contribution in [3.05, 3.63) is 84.2 Å². The van der Waals surface area contributed by atoms with Gasteiger partial charge in [0.15, 0.2) is 0 Å². The van der Waals surface area contributed by atoms with Crippen molar-refractivity contribution in [1.29, 1.82) is 0 Å². The normalized spacial score (nSPS) is 14.1. The van der Waals surface area contributed by atoms with E-state index in [0.717, 1.165) is 11.4 Å². The smallest absolute Gasteiger partial charge is 0.204 e. The molecule has 4 heteroatoms. The number of carbonyl (C=O) groups excluding carboxylic acids is 2. The minimum Gasteiger partial charge on any atom is -0.341 e. The Hall–Kier alpha value is -3.14. The lowest BCUT2D eigenvalue weighted by atomic mass is 10.0. The zero-order valence-electron chi connectivity index (χ0n) is 13.6. The number of nitrogens with zero attached hydrogens (tertiary/aromatic N) is 2. The Balaban J connectivity index is 1.87. The summed E-state index contributed by atoms with van der Waals surface area (Å²) in [6.45, 7) is 0. The predicted molar refractivity (Wildman–Crippen MR) is 95.9 cm³/mol. The first kappa shape index (κ1) is 15.7. The fourth-order valence-electron chi connectivity index (χ4n) is 2.64. The number of hydrogen-bond acceptors (Lipinski definition) is 4. The fourth-order valence-corrected chi connectivity index (χ4v) is 2.64. The van der Waals surface area contributed by atoms with E-state index >= 15 is 0 Å². The van der Waals surface area contributed by atoms with E-state index in [1.807, 2.05) is 60.7 Å². The largest absolute Gasteiger partial charge is 0.341 e. The Morgan fingerprint density at radius 2 is 0.917 bits per heavy atom. The summed E-state index contributed by atoms with van der Waals surface area (Å²) in [5.41, 5.74) is 2.46. The molecule has 0 atom stereocenters. The summed E-state index contributed by atoms with van der Waals surface area (Å²) in [6.07, 6.45) is 2.81. The molecule has 0 aliphatic heterocycles. The van der Waals surface area contributed by atoms with Crippen molar-refractivity contribution in [2.45, 2.75) is 0 Å². The maximum atomic E-state index is 12.5. The number of allylic oxidation sites excluding steroid dienone is 2. The van der Waals surface area contributed by atoms with E-state index < -0.39 is 0 Å². The number of anilines is 2. The Morgan fingerprint density at radius 1 is 0.583 bits per heavy atom. The lowest BCUT2D eigenvalue weighted by Crippen LogP contribution is -2.31. The van der Waals surface area contributed by atoms with Gasteiger partial charge in [0.2, 0.25) is 11.6 Å². The van der Waals surface area contributed by atoms with Crippen molar-refractivity contribution >= 4 is 22.9 Å². The minimum atomic E-state index is -0.182. The van der Waals surface area contributed by atoms with E-state index in [1.165, 1.54) is 12.2 Å². The van der Waals surface area contributed by atoms with Gasteiger partial charge in [0, 0.05) is 37.6 Å². The molecule has 0 amide bonds. The van der Waals surface area contributed by atoms with Gasteiger partial charge in [-0.25, -0.2) is 0 Å². The molecule has 0 N–H and O–H groups in total. The molecule has 0 spiro atoms. The highest BCUT2D eigenvalue weighted by atomic mass is 16.1. The third-order valence-corrected chi connectivity index (χ3v) is 4.05. The molecular formula is C20H18N2O2. The van der Waals surface area contributed by atoms with Crippen LogP contribution in [0.15, 0.2) is 84.2 Å². The molecular weight excluding hydrogens is 300 g/mol. The number of likely N-dealkylation sites (N-methyl/N-ethyl adjacent to an activating group) is 2. The maximum Gasteiger partial charge on any atom is 0.204 e. The van der Waals surface area contributed by atoms with Gasteiger partial charge >= 0.3 is 0 Å². The third kappa shape index (κ3) is 2.99. The molecule has 120 valence electrons. The van der Waals surface area contributed by atoms with Crippen molar-refractivity contribution in [3.8, 4) is 0 Å². The van der Waals surface area contributed by atoms with Crippen molar-refractivity contribution in [3.63, 3.8) is 0 Å². The van der Waals surface area contributed by atoms with Gasteiger partial charge in [0.05, 0.1) is 11.4 Å². The number of ketones is 2. The average Bonchev–Trinajstić information content (AvgIpc) is 2.63. The molecule has 3 rings (SSSR count). The summed E-state index contributed by atoms with van der Waals surface area (Å²) in [5.74, 6) is -0.363. The van der Waals surface area contributed by atoms with Gasteiger partial charge in [-0.2, -0.15) is 0 Å². The minimum absolute atomic E-state index is 0.182. The number of para-hydroxylation sites is 2. The van der Waals surface area contributed by atoms with Gasteiger partial charge in [0.25, 0.3) is 0 Å². The second kappa shape index (κ2) is 6.54. The standard InChI is InChI=1S/C20H18N2O2/c1-21(15-9-5-3-6-10-15)17-13-20(24)18(14-19(17)23)22(2)16-11-7-4-8-12-16/h3-14H,1-2H3. The van der Waals surface area contributed by atoms with Gasteiger partial charge in [-0.15, -0.1) is 0 Å². The second-order valence-electron chi connectivity index (χ2n) is 5.58. The van der Waals surface area contributed by atoms with Crippen molar-refractivity contribution in [2.75, 3.05) is 23.9 Å². The third-order valence-electron chi connectivity index (χ3n) is 4.05.